The zero-order chi connectivity index (χ0) is 9.35. The van der Waals surface area contributed by atoms with Gasteiger partial charge in [-0.05, 0) is 0 Å². The van der Waals surface area contributed by atoms with Gasteiger partial charge in [-0.2, -0.15) is 0 Å². The fourth-order valence-corrected chi connectivity index (χ4v) is 3.28. The van der Waals surface area contributed by atoms with E-state index in [0.29, 0.717) is 0 Å². The van der Waals surface area contributed by atoms with Crippen molar-refractivity contribution in [3.8, 4) is 0 Å². The van der Waals surface area contributed by atoms with Crippen molar-refractivity contribution in [3.05, 3.63) is 22.8 Å². The molecule has 0 saturated heterocycles. The van der Waals surface area contributed by atoms with E-state index in [1.807, 2.05) is 7.11 Å². The molecule has 1 aliphatic carbocycles. The third-order valence-corrected chi connectivity index (χ3v) is 4.54. The molecule has 14 heavy (non-hydrogen) atoms. The molecular formula is C10H16Cl2OTi. The van der Waals surface area contributed by atoms with Gasteiger partial charge >= 0.3 is 84.2 Å². The molecule has 0 radical (unpaired) electrons. The summed E-state index contributed by atoms with van der Waals surface area (Å²) in [6, 6.07) is 0. The Morgan fingerprint density at radius 2 is 1.71 bits per heavy atom. The molecule has 80 valence electrons. The number of hydrogen-bond donors (Lipinski definition) is 0. The summed E-state index contributed by atoms with van der Waals surface area (Å²) < 4.78 is 5.61. The van der Waals surface area contributed by atoms with Crippen LogP contribution in [0.1, 0.15) is 27.7 Å². The van der Waals surface area contributed by atoms with Crippen molar-refractivity contribution in [1.82, 2.24) is 0 Å². The second-order valence-electron chi connectivity index (χ2n) is 3.59. The maximum absolute atomic E-state index is 5.34. The van der Waals surface area contributed by atoms with Gasteiger partial charge in [0.2, 0.25) is 0 Å². The van der Waals surface area contributed by atoms with Crippen molar-refractivity contribution in [1.29, 1.82) is 0 Å². The number of hydrogen-bond acceptors (Lipinski definition) is 1. The summed E-state index contributed by atoms with van der Waals surface area (Å²) in [6.45, 7) is 8.90. The maximum Gasteiger partial charge on any atom is -1.00 e. The van der Waals surface area contributed by atoms with Crippen molar-refractivity contribution < 1.29 is 47.7 Å². The van der Waals surface area contributed by atoms with Gasteiger partial charge in [0.1, 0.15) is 0 Å². The minimum Gasteiger partial charge on any atom is -1.00 e. The third kappa shape index (κ3) is 3.11. The first-order valence-corrected chi connectivity index (χ1v) is 5.61. The first kappa shape index (κ1) is 17.1. The monoisotopic (exact) mass is 270 g/mol. The summed E-state index contributed by atoms with van der Waals surface area (Å²) in [4.78, 5) is 0. The van der Waals surface area contributed by atoms with E-state index in [-0.39, 0.29) is 48.1 Å². The van der Waals surface area contributed by atoms with Crippen molar-refractivity contribution in [2.45, 2.75) is 31.4 Å². The van der Waals surface area contributed by atoms with Gasteiger partial charge in [-0.1, -0.05) is 0 Å². The van der Waals surface area contributed by atoms with Crippen LogP contribution in [-0.2, 0) is 22.9 Å². The van der Waals surface area contributed by atoms with Crippen LogP contribution in [0.3, 0.4) is 0 Å². The van der Waals surface area contributed by atoms with E-state index < -0.39 is 0 Å². The molecule has 0 saturated carbocycles. The van der Waals surface area contributed by atoms with Gasteiger partial charge < -0.3 is 24.8 Å². The van der Waals surface area contributed by atoms with Crippen LogP contribution in [0, 0.1) is 0 Å². The molecule has 0 aromatic rings. The van der Waals surface area contributed by atoms with Crippen molar-refractivity contribution >= 4 is 0 Å². The van der Waals surface area contributed by atoms with Crippen molar-refractivity contribution in [2.75, 3.05) is 7.11 Å². The topological polar surface area (TPSA) is 9.23 Å². The van der Waals surface area contributed by atoms with E-state index in [2.05, 4.69) is 33.8 Å². The van der Waals surface area contributed by atoms with Crippen LogP contribution >= 0.6 is 0 Å². The molecule has 1 atom stereocenters. The predicted molar refractivity (Wildman–Crippen MR) is 47.5 cm³/mol. The Balaban J connectivity index is 0. The van der Waals surface area contributed by atoms with E-state index in [1.165, 1.54) is 16.7 Å². The normalized spacial score (nSPS) is 24.8. The van der Waals surface area contributed by atoms with Gasteiger partial charge in [-0.25, -0.2) is 0 Å². The zero-order valence-electron chi connectivity index (χ0n) is 9.24. The maximum atomic E-state index is 5.34. The molecule has 0 bridgehead atoms. The van der Waals surface area contributed by atoms with E-state index in [4.69, 9.17) is 3.32 Å². The minimum absolute atomic E-state index is 0. The second-order valence-corrected chi connectivity index (χ2v) is 6.16. The van der Waals surface area contributed by atoms with E-state index in [1.54, 1.807) is 0 Å². The molecule has 0 fully saturated rings. The summed E-state index contributed by atoms with van der Waals surface area (Å²) >= 11 is -0.321. The number of halogens is 2. The van der Waals surface area contributed by atoms with Crippen molar-refractivity contribution in [3.63, 3.8) is 0 Å². The fraction of sp³-hybridized carbons (Fsp3) is 0.600. The largest absolute Gasteiger partial charge is 1.00 e. The SMILES string of the molecule is C[O][Ti+2][C]1(C)C=C(C)C(C)=C1C.[Cl-].[Cl-]. The zero-order valence-corrected chi connectivity index (χ0v) is 12.3. The van der Waals surface area contributed by atoms with Gasteiger partial charge in [0, 0.05) is 0 Å². The molecule has 4 heteroatoms. The Hall–Kier alpha value is 0.734. The van der Waals surface area contributed by atoms with Gasteiger partial charge in [0.15, 0.2) is 0 Å². The Kier molecular flexibility index (Phi) is 7.77. The van der Waals surface area contributed by atoms with Gasteiger partial charge in [-0.3, -0.25) is 0 Å². The molecule has 0 spiro atoms. The van der Waals surface area contributed by atoms with Crippen LogP contribution in [-0.4, -0.2) is 7.11 Å². The molecule has 1 nitrogen and oxygen atoms in total. The van der Waals surface area contributed by atoms with Crippen LogP contribution in [0.25, 0.3) is 0 Å². The molecule has 0 amide bonds. The van der Waals surface area contributed by atoms with Crippen LogP contribution in [0.4, 0.5) is 0 Å². The molecule has 0 heterocycles. The van der Waals surface area contributed by atoms with E-state index in [9.17, 15) is 0 Å². The Labute approximate surface area is 109 Å². The Morgan fingerprint density at radius 1 is 1.21 bits per heavy atom. The molecule has 0 aliphatic heterocycles. The molecule has 1 rings (SSSR count). The van der Waals surface area contributed by atoms with Crippen LogP contribution in [0.2, 0.25) is 3.72 Å². The molecule has 1 aliphatic rings. The molecule has 0 aromatic heterocycles. The van der Waals surface area contributed by atoms with Gasteiger partial charge in [-0.15, -0.1) is 0 Å². The summed E-state index contributed by atoms with van der Waals surface area (Å²) in [7, 11) is 1.81. The first-order valence-electron chi connectivity index (χ1n) is 4.19. The molecule has 0 N–H and O–H groups in total. The molecule has 1 unspecified atom stereocenters. The fourth-order valence-electron chi connectivity index (χ4n) is 1.65. The molecular weight excluding hydrogens is 255 g/mol. The van der Waals surface area contributed by atoms with Gasteiger partial charge in [0.25, 0.3) is 0 Å². The first-order chi connectivity index (χ1) is 5.51. The smallest absolute Gasteiger partial charge is 1.00 e. The summed E-state index contributed by atoms with van der Waals surface area (Å²) in [5.41, 5.74) is 4.39. The van der Waals surface area contributed by atoms with Crippen LogP contribution < -0.4 is 24.8 Å². The number of allylic oxidation sites excluding steroid dienone is 4. The van der Waals surface area contributed by atoms with E-state index in [0.717, 1.165) is 0 Å². The second kappa shape index (κ2) is 6.35. The average Bonchev–Trinajstić information content (AvgIpc) is 2.17. The van der Waals surface area contributed by atoms with E-state index >= 15 is 0 Å². The average molecular weight is 271 g/mol. The Bertz CT molecular complexity index is 261. The van der Waals surface area contributed by atoms with Crippen LogP contribution in [0.5, 0.6) is 0 Å². The summed E-state index contributed by atoms with van der Waals surface area (Å²) in [5.74, 6) is 0. The summed E-state index contributed by atoms with van der Waals surface area (Å²) in [5, 5.41) is 0. The number of rotatable bonds is 2. The Morgan fingerprint density at radius 3 is 2.00 bits per heavy atom. The third-order valence-electron chi connectivity index (χ3n) is 2.75. The minimum atomic E-state index is -0.321. The summed E-state index contributed by atoms with van der Waals surface area (Å²) in [6.07, 6.45) is 2.36. The predicted octanol–water partition coefficient (Wildman–Crippen LogP) is -2.89. The molecule has 0 aromatic carbocycles. The standard InChI is InChI=1S/C9H13.CH3O.2ClH.Ti/c1-6-5-7(2)9(4)8(6)3;1-2;;;/h5H,1-4H3;1H3;2*1H;/q;-1;;;+3/p-2. The quantitative estimate of drug-likeness (QED) is 0.490. The van der Waals surface area contributed by atoms with Gasteiger partial charge in [0.05, 0.1) is 0 Å². The van der Waals surface area contributed by atoms with Crippen molar-refractivity contribution in [2.24, 2.45) is 0 Å². The van der Waals surface area contributed by atoms with Crippen LogP contribution in [0.15, 0.2) is 22.8 Å².